The summed E-state index contributed by atoms with van der Waals surface area (Å²) in [6.07, 6.45) is 1.51. The predicted molar refractivity (Wildman–Crippen MR) is 42.8 cm³/mol. The molecule has 0 aromatic rings. The van der Waals surface area contributed by atoms with Crippen LogP contribution in [0.4, 0.5) is 0 Å². The van der Waals surface area contributed by atoms with Gasteiger partial charge in [-0.15, -0.1) is 0 Å². The molecule has 0 aliphatic carbocycles. The number of esters is 1. The third kappa shape index (κ3) is 1.44. The van der Waals surface area contributed by atoms with Gasteiger partial charge in [-0.1, -0.05) is 0 Å². The number of hydrogen-bond acceptors (Lipinski definition) is 4. The summed E-state index contributed by atoms with van der Waals surface area (Å²) < 4.78 is 4.86. The zero-order chi connectivity index (χ0) is 9.19. The zero-order valence-electron chi connectivity index (χ0n) is 7.54. The summed E-state index contributed by atoms with van der Waals surface area (Å²) in [5, 5.41) is 10.5. The molecule has 1 unspecified atom stereocenters. The Morgan fingerprint density at radius 1 is 1.75 bits per heavy atom. The summed E-state index contributed by atoms with van der Waals surface area (Å²) in [7, 11) is 0. The van der Waals surface area contributed by atoms with Crippen LogP contribution in [0, 0.1) is 0 Å². The Kier molecular flexibility index (Phi) is 2.69. The third-order valence-electron chi connectivity index (χ3n) is 2.32. The minimum Gasteiger partial charge on any atom is -0.465 e. The van der Waals surface area contributed by atoms with E-state index in [1.165, 1.54) is 0 Å². The van der Waals surface area contributed by atoms with E-state index in [9.17, 15) is 10.0 Å². The van der Waals surface area contributed by atoms with Gasteiger partial charge in [0.05, 0.1) is 6.61 Å². The molecule has 1 atom stereocenters. The molecule has 12 heavy (non-hydrogen) atoms. The van der Waals surface area contributed by atoms with E-state index in [2.05, 4.69) is 0 Å². The molecule has 1 fully saturated rings. The molecular weight excluding hydrogens is 158 g/mol. The third-order valence-corrected chi connectivity index (χ3v) is 2.32. The van der Waals surface area contributed by atoms with Crippen molar-refractivity contribution in [2.75, 3.05) is 13.2 Å². The van der Waals surface area contributed by atoms with E-state index >= 15 is 0 Å². The average Bonchev–Trinajstić information content (AvgIpc) is 2.34. The quantitative estimate of drug-likeness (QED) is 0.627. The highest BCUT2D eigenvalue weighted by Crippen LogP contribution is 2.27. The molecule has 4 heteroatoms. The second kappa shape index (κ2) is 3.41. The van der Waals surface area contributed by atoms with Crippen molar-refractivity contribution in [1.29, 1.82) is 0 Å². The minimum atomic E-state index is -0.810. The van der Waals surface area contributed by atoms with E-state index in [0.29, 0.717) is 19.6 Å². The molecule has 0 bridgehead atoms. The molecule has 0 aromatic carbocycles. The van der Waals surface area contributed by atoms with Crippen LogP contribution in [-0.2, 0) is 9.53 Å². The van der Waals surface area contributed by atoms with Crippen LogP contribution in [0.15, 0.2) is 0 Å². The van der Waals surface area contributed by atoms with Crippen LogP contribution in [0.25, 0.3) is 0 Å². The number of nitrogens with zero attached hydrogens (tertiary/aromatic N) is 1. The zero-order valence-corrected chi connectivity index (χ0v) is 7.54. The van der Waals surface area contributed by atoms with Crippen molar-refractivity contribution in [2.24, 2.45) is 0 Å². The van der Waals surface area contributed by atoms with Crippen molar-refractivity contribution < 1.29 is 14.7 Å². The summed E-state index contributed by atoms with van der Waals surface area (Å²) in [6, 6.07) is 0. The molecule has 0 amide bonds. The molecule has 4 nitrogen and oxygen atoms in total. The van der Waals surface area contributed by atoms with Crippen LogP contribution in [-0.4, -0.2) is 34.9 Å². The number of carbonyl (C=O) groups is 1. The highest BCUT2D eigenvalue weighted by molar-refractivity contribution is 5.80. The van der Waals surface area contributed by atoms with Crippen LogP contribution in [0.1, 0.15) is 26.7 Å². The van der Waals surface area contributed by atoms with Gasteiger partial charge >= 0.3 is 5.97 Å². The molecule has 70 valence electrons. The fraction of sp³-hybridized carbons (Fsp3) is 0.875. The fourth-order valence-electron chi connectivity index (χ4n) is 1.44. The van der Waals surface area contributed by atoms with E-state index in [1.807, 2.05) is 0 Å². The lowest BCUT2D eigenvalue weighted by Gasteiger charge is -2.27. The average molecular weight is 173 g/mol. The Morgan fingerprint density at radius 3 is 2.83 bits per heavy atom. The predicted octanol–water partition coefficient (Wildman–Crippen LogP) is 0.793. The maximum absolute atomic E-state index is 11.4. The van der Waals surface area contributed by atoms with Crippen LogP contribution in [0.3, 0.4) is 0 Å². The number of ether oxygens (including phenoxy) is 1. The summed E-state index contributed by atoms with van der Waals surface area (Å²) in [4.78, 5) is 11.4. The minimum absolute atomic E-state index is 0.329. The molecule has 1 rings (SSSR count). The van der Waals surface area contributed by atoms with Crippen molar-refractivity contribution >= 4 is 5.97 Å². The smallest absolute Gasteiger partial charge is 0.328 e. The van der Waals surface area contributed by atoms with Crippen molar-refractivity contribution in [3.8, 4) is 0 Å². The van der Waals surface area contributed by atoms with Gasteiger partial charge in [-0.05, 0) is 26.7 Å². The topological polar surface area (TPSA) is 49.8 Å². The monoisotopic (exact) mass is 173 g/mol. The van der Waals surface area contributed by atoms with Gasteiger partial charge in [-0.3, -0.25) is 0 Å². The van der Waals surface area contributed by atoms with Crippen LogP contribution in [0.2, 0.25) is 0 Å². The Morgan fingerprint density at radius 2 is 2.42 bits per heavy atom. The molecule has 0 radical (unpaired) electrons. The Bertz CT molecular complexity index is 183. The van der Waals surface area contributed by atoms with E-state index in [0.717, 1.165) is 11.5 Å². The first-order chi connectivity index (χ1) is 5.61. The van der Waals surface area contributed by atoms with Gasteiger partial charge < -0.3 is 9.94 Å². The highest BCUT2D eigenvalue weighted by Gasteiger charge is 2.44. The largest absolute Gasteiger partial charge is 0.465 e. The molecule has 1 heterocycles. The first kappa shape index (κ1) is 9.48. The van der Waals surface area contributed by atoms with Gasteiger partial charge in [0.1, 0.15) is 5.54 Å². The maximum atomic E-state index is 11.4. The lowest BCUT2D eigenvalue weighted by molar-refractivity contribution is -0.185. The van der Waals surface area contributed by atoms with Crippen LogP contribution in [0.5, 0.6) is 0 Å². The van der Waals surface area contributed by atoms with Crippen molar-refractivity contribution in [2.45, 2.75) is 32.2 Å². The summed E-state index contributed by atoms with van der Waals surface area (Å²) in [6.45, 7) is 4.38. The number of rotatable bonds is 2. The van der Waals surface area contributed by atoms with Gasteiger partial charge in [0, 0.05) is 6.54 Å². The Labute approximate surface area is 72.1 Å². The SMILES string of the molecule is CCOC(=O)C1(C)CCCN1O. The second-order valence-corrected chi connectivity index (χ2v) is 3.22. The van der Waals surface area contributed by atoms with Crippen molar-refractivity contribution in [3.63, 3.8) is 0 Å². The lowest BCUT2D eigenvalue weighted by atomic mass is 10.0. The Hall–Kier alpha value is -0.610. The molecule has 0 aromatic heterocycles. The maximum Gasteiger partial charge on any atom is 0.328 e. The van der Waals surface area contributed by atoms with Crippen LogP contribution >= 0.6 is 0 Å². The summed E-state index contributed by atoms with van der Waals surface area (Å²) in [5.74, 6) is -0.329. The Balaban J connectivity index is 2.63. The molecule has 1 aliphatic rings. The standard InChI is InChI=1S/C8H15NO3/c1-3-12-7(10)8(2)5-4-6-9(8)11/h11H,3-6H2,1-2H3. The molecule has 0 saturated carbocycles. The second-order valence-electron chi connectivity index (χ2n) is 3.22. The number of hydroxylamine groups is 2. The first-order valence-electron chi connectivity index (χ1n) is 4.25. The van der Waals surface area contributed by atoms with Gasteiger partial charge in [-0.25, -0.2) is 4.79 Å². The van der Waals surface area contributed by atoms with Gasteiger partial charge in [0.25, 0.3) is 0 Å². The molecule has 1 saturated heterocycles. The lowest BCUT2D eigenvalue weighted by Crippen LogP contribution is -2.47. The summed E-state index contributed by atoms with van der Waals surface area (Å²) in [5.41, 5.74) is -0.810. The van der Waals surface area contributed by atoms with Crippen molar-refractivity contribution in [3.05, 3.63) is 0 Å². The fourth-order valence-corrected chi connectivity index (χ4v) is 1.44. The summed E-state index contributed by atoms with van der Waals surface area (Å²) >= 11 is 0. The van der Waals surface area contributed by atoms with E-state index in [1.54, 1.807) is 13.8 Å². The van der Waals surface area contributed by atoms with Crippen molar-refractivity contribution in [1.82, 2.24) is 5.06 Å². The molecule has 1 N–H and O–H groups in total. The highest BCUT2D eigenvalue weighted by atomic mass is 16.6. The van der Waals surface area contributed by atoms with Gasteiger partial charge in [-0.2, -0.15) is 5.06 Å². The van der Waals surface area contributed by atoms with Gasteiger partial charge in [0.15, 0.2) is 0 Å². The van der Waals surface area contributed by atoms with Gasteiger partial charge in [0.2, 0.25) is 0 Å². The molecular formula is C8H15NO3. The van der Waals surface area contributed by atoms with E-state index in [4.69, 9.17) is 4.74 Å². The number of carbonyl (C=O) groups excluding carboxylic acids is 1. The van der Waals surface area contributed by atoms with E-state index in [-0.39, 0.29) is 5.97 Å². The normalized spacial score (nSPS) is 30.6. The van der Waals surface area contributed by atoms with E-state index < -0.39 is 5.54 Å². The first-order valence-corrected chi connectivity index (χ1v) is 4.25. The molecule has 0 spiro atoms. The van der Waals surface area contributed by atoms with Crippen LogP contribution < -0.4 is 0 Å². The number of hydrogen-bond donors (Lipinski definition) is 1. The molecule has 1 aliphatic heterocycles.